The Morgan fingerprint density at radius 1 is 1.17 bits per heavy atom. The summed E-state index contributed by atoms with van der Waals surface area (Å²) >= 11 is 0. The summed E-state index contributed by atoms with van der Waals surface area (Å²) in [5, 5.41) is 18.2. The first-order valence-corrected chi connectivity index (χ1v) is 6.23. The lowest BCUT2D eigenvalue weighted by atomic mass is 10.2. The van der Waals surface area contributed by atoms with Gasteiger partial charge in [0, 0.05) is 17.8 Å². The highest BCUT2D eigenvalue weighted by Gasteiger charge is 2.12. The number of rotatable bonds is 4. The van der Waals surface area contributed by atoms with Gasteiger partial charge in [-0.2, -0.15) is 10.2 Å². The summed E-state index contributed by atoms with van der Waals surface area (Å²) in [6.45, 7) is 9.59. The molecule has 0 aliphatic carbocycles. The van der Waals surface area contributed by atoms with Crippen LogP contribution in [0.2, 0.25) is 0 Å². The van der Waals surface area contributed by atoms with Crippen molar-refractivity contribution < 1.29 is 5.11 Å². The minimum Gasteiger partial charge on any atom is -0.392 e. The Hall–Kier alpha value is -1.62. The molecular weight excluding hydrogens is 228 g/mol. The van der Waals surface area contributed by atoms with Crippen molar-refractivity contribution in [3.8, 4) is 0 Å². The number of hydrogen-bond donors (Lipinski definition) is 1. The van der Waals surface area contributed by atoms with E-state index in [1.54, 1.807) is 0 Å². The number of aliphatic hydroxyl groups is 1. The number of hydrogen-bond acceptors (Lipinski definition) is 3. The molecule has 18 heavy (non-hydrogen) atoms. The third kappa shape index (κ3) is 2.18. The number of aromatic nitrogens is 4. The zero-order chi connectivity index (χ0) is 13.3. The van der Waals surface area contributed by atoms with Gasteiger partial charge in [-0.25, -0.2) is 0 Å². The maximum Gasteiger partial charge on any atom is 0.0831 e. The highest BCUT2D eigenvalue weighted by atomic mass is 16.3. The molecule has 2 aromatic rings. The molecule has 98 valence electrons. The molecule has 0 saturated carbocycles. The van der Waals surface area contributed by atoms with Crippen molar-refractivity contribution in [2.45, 2.75) is 47.4 Å². The minimum atomic E-state index is 0.0454. The molecule has 0 fully saturated rings. The fourth-order valence-electron chi connectivity index (χ4n) is 2.27. The summed E-state index contributed by atoms with van der Waals surface area (Å²) in [6, 6.07) is 2.08. The van der Waals surface area contributed by atoms with E-state index in [4.69, 9.17) is 0 Å². The van der Waals surface area contributed by atoms with Gasteiger partial charge in [-0.15, -0.1) is 0 Å². The molecule has 2 rings (SSSR count). The number of nitrogens with zero attached hydrogens (tertiary/aromatic N) is 4. The number of aliphatic hydroxyl groups excluding tert-OH is 1. The quantitative estimate of drug-likeness (QED) is 0.893. The SMILES string of the molecule is CCn1nc(C)cc1Cn1nc(C)c(CO)c1C. The predicted molar refractivity (Wildman–Crippen MR) is 69.4 cm³/mol. The van der Waals surface area contributed by atoms with E-state index in [0.717, 1.165) is 34.9 Å². The van der Waals surface area contributed by atoms with Gasteiger partial charge in [0.25, 0.3) is 0 Å². The molecule has 0 unspecified atom stereocenters. The third-order valence-corrected chi connectivity index (χ3v) is 3.29. The van der Waals surface area contributed by atoms with Gasteiger partial charge in [-0.1, -0.05) is 0 Å². The van der Waals surface area contributed by atoms with E-state index in [2.05, 4.69) is 23.2 Å². The summed E-state index contributed by atoms with van der Waals surface area (Å²) in [5.41, 5.74) is 5.01. The largest absolute Gasteiger partial charge is 0.392 e. The van der Waals surface area contributed by atoms with E-state index in [1.165, 1.54) is 0 Å². The Labute approximate surface area is 107 Å². The van der Waals surface area contributed by atoms with Crippen molar-refractivity contribution in [1.29, 1.82) is 0 Å². The summed E-state index contributed by atoms with van der Waals surface area (Å²) in [5.74, 6) is 0. The third-order valence-electron chi connectivity index (χ3n) is 3.29. The Balaban J connectivity index is 2.34. The van der Waals surface area contributed by atoms with E-state index in [9.17, 15) is 5.11 Å². The Morgan fingerprint density at radius 3 is 2.44 bits per heavy atom. The van der Waals surface area contributed by atoms with Crippen LogP contribution in [-0.4, -0.2) is 24.7 Å². The standard InChI is InChI=1S/C13H20N4O/c1-5-16-12(6-9(2)14-16)7-17-11(4)13(8-18)10(3)15-17/h6,18H,5,7-8H2,1-4H3. The first-order valence-electron chi connectivity index (χ1n) is 6.23. The van der Waals surface area contributed by atoms with Crippen LogP contribution in [0.4, 0.5) is 0 Å². The summed E-state index contributed by atoms with van der Waals surface area (Å²) in [7, 11) is 0. The molecular formula is C13H20N4O. The average molecular weight is 248 g/mol. The molecule has 2 heterocycles. The van der Waals surface area contributed by atoms with E-state index in [-0.39, 0.29) is 6.61 Å². The fourth-order valence-corrected chi connectivity index (χ4v) is 2.27. The second-order valence-corrected chi connectivity index (χ2v) is 4.56. The van der Waals surface area contributed by atoms with Crippen LogP contribution in [0.1, 0.15) is 35.3 Å². The molecule has 5 nitrogen and oxygen atoms in total. The van der Waals surface area contributed by atoms with Crippen LogP contribution in [0.3, 0.4) is 0 Å². The van der Waals surface area contributed by atoms with Crippen LogP contribution in [0.25, 0.3) is 0 Å². The first kappa shape index (κ1) is 12.8. The molecule has 0 aliphatic heterocycles. The maximum absolute atomic E-state index is 9.31. The molecule has 0 radical (unpaired) electrons. The van der Waals surface area contributed by atoms with E-state index >= 15 is 0 Å². The molecule has 0 spiro atoms. The second kappa shape index (κ2) is 4.94. The van der Waals surface area contributed by atoms with Crippen molar-refractivity contribution in [3.05, 3.63) is 34.4 Å². The molecule has 1 N–H and O–H groups in total. The van der Waals surface area contributed by atoms with Crippen LogP contribution in [0.5, 0.6) is 0 Å². The van der Waals surface area contributed by atoms with E-state index < -0.39 is 0 Å². The lowest BCUT2D eigenvalue weighted by Gasteiger charge is -2.07. The van der Waals surface area contributed by atoms with Crippen LogP contribution >= 0.6 is 0 Å². The van der Waals surface area contributed by atoms with Gasteiger partial charge >= 0.3 is 0 Å². The van der Waals surface area contributed by atoms with Gasteiger partial charge in [0.2, 0.25) is 0 Å². The smallest absolute Gasteiger partial charge is 0.0831 e. The molecule has 0 bridgehead atoms. The fraction of sp³-hybridized carbons (Fsp3) is 0.538. The van der Waals surface area contributed by atoms with Gasteiger partial charge in [-0.05, 0) is 33.8 Å². The van der Waals surface area contributed by atoms with Gasteiger partial charge in [0.05, 0.1) is 30.2 Å². The zero-order valence-electron chi connectivity index (χ0n) is 11.4. The predicted octanol–water partition coefficient (Wildman–Crippen LogP) is 1.57. The van der Waals surface area contributed by atoms with Crippen molar-refractivity contribution >= 4 is 0 Å². The van der Waals surface area contributed by atoms with Crippen LogP contribution in [0, 0.1) is 20.8 Å². The molecule has 0 aliphatic rings. The Bertz CT molecular complexity index is 554. The van der Waals surface area contributed by atoms with Crippen LogP contribution in [0.15, 0.2) is 6.07 Å². The van der Waals surface area contributed by atoms with Crippen molar-refractivity contribution in [2.24, 2.45) is 0 Å². The van der Waals surface area contributed by atoms with Gasteiger partial charge in [0.1, 0.15) is 0 Å². The molecule has 0 atom stereocenters. The highest BCUT2D eigenvalue weighted by Crippen LogP contribution is 2.15. The molecule has 0 saturated heterocycles. The van der Waals surface area contributed by atoms with Gasteiger partial charge in [0.15, 0.2) is 0 Å². The van der Waals surface area contributed by atoms with Crippen molar-refractivity contribution in [1.82, 2.24) is 19.6 Å². The molecule has 2 aromatic heterocycles. The second-order valence-electron chi connectivity index (χ2n) is 4.56. The monoisotopic (exact) mass is 248 g/mol. The van der Waals surface area contributed by atoms with Crippen molar-refractivity contribution in [3.63, 3.8) is 0 Å². The maximum atomic E-state index is 9.31. The Kier molecular flexibility index (Phi) is 3.52. The van der Waals surface area contributed by atoms with Gasteiger partial charge < -0.3 is 5.11 Å². The normalized spacial score (nSPS) is 11.2. The molecule has 5 heteroatoms. The lowest BCUT2D eigenvalue weighted by molar-refractivity contribution is 0.280. The van der Waals surface area contributed by atoms with Gasteiger partial charge in [-0.3, -0.25) is 9.36 Å². The summed E-state index contributed by atoms with van der Waals surface area (Å²) in [6.07, 6.45) is 0. The summed E-state index contributed by atoms with van der Waals surface area (Å²) < 4.78 is 3.92. The van der Waals surface area contributed by atoms with E-state index in [0.29, 0.717) is 6.54 Å². The minimum absolute atomic E-state index is 0.0454. The molecule has 0 amide bonds. The number of aryl methyl sites for hydroxylation is 3. The Morgan fingerprint density at radius 2 is 1.89 bits per heavy atom. The van der Waals surface area contributed by atoms with Crippen LogP contribution in [-0.2, 0) is 19.7 Å². The first-order chi connectivity index (χ1) is 8.56. The molecule has 0 aromatic carbocycles. The van der Waals surface area contributed by atoms with Crippen LogP contribution < -0.4 is 0 Å². The highest BCUT2D eigenvalue weighted by molar-refractivity contribution is 5.24. The van der Waals surface area contributed by atoms with Crippen molar-refractivity contribution in [2.75, 3.05) is 0 Å². The van der Waals surface area contributed by atoms with E-state index in [1.807, 2.05) is 30.1 Å². The zero-order valence-corrected chi connectivity index (χ0v) is 11.4. The lowest BCUT2D eigenvalue weighted by Crippen LogP contribution is -2.10. The average Bonchev–Trinajstić information content (AvgIpc) is 2.81. The topological polar surface area (TPSA) is 55.9 Å². The summed E-state index contributed by atoms with van der Waals surface area (Å²) in [4.78, 5) is 0.